The largest absolute Gasteiger partial charge is 0.493 e. The molecule has 1 aromatic carbocycles. The molecule has 1 saturated carbocycles. The standard InChI is InChI=1S/C20H30O2/c1-16(2)17-10-12-19(13-11-17)22-15-20(3,4)14-21-18-8-6-5-7-9-18/h10-13,18H,1,5-9,14-15H2,2-4H3. The van der Waals surface area contributed by atoms with Crippen LogP contribution in [0, 0.1) is 5.41 Å². The van der Waals surface area contributed by atoms with E-state index in [1.165, 1.54) is 32.1 Å². The van der Waals surface area contributed by atoms with Gasteiger partial charge < -0.3 is 9.47 Å². The second kappa shape index (κ2) is 7.82. The fourth-order valence-electron chi connectivity index (χ4n) is 2.73. The smallest absolute Gasteiger partial charge is 0.119 e. The molecule has 2 heteroatoms. The maximum atomic E-state index is 6.10. The highest BCUT2D eigenvalue weighted by atomic mass is 16.5. The van der Waals surface area contributed by atoms with Gasteiger partial charge in [-0.15, -0.1) is 0 Å². The number of hydrogen-bond acceptors (Lipinski definition) is 2. The van der Waals surface area contributed by atoms with Crippen molar-refractivity contribution < 1.29 is 9.47 Å². The second-order valence-corrected chi connectivity index (χ2v) is 7.33. The Labute approximate surface area is 135 Å². The number of rotatable bonds is 7. The van der Waals surface area contributed by atoms with Crippen molar-refractivity contribution in [1.82, 2.24) is 0 Å². The summed E-state index contributed by atoms with van der Waals surface area (Å²) in [7, 11) is 0. The van der Waals surface area contributed by atoms with Crippen molar-refractivity contribution in [3.8, 4) is 5.75 Å². The molecule has 0 saturated heterocycles. The Bertz CT molecular complexity index is 467. The highest BCUT2D eigenvalue weighted by Gasteiger charge is 2.23. The van der Waals surface area contributed by atoms with Gasteiger partial charge in [0.25, 0.3) is 0 Å². The quantitative estimate of drug-likeness (QED) is 0.664. The summed E-state index contributed by atoms with van der Waals surface area (Å²) in [5.41, 5.74) is 2.27. The van der Waals surface area contributed by atoms with Gasteiger partial charge in [-0.05, 0) is 37.5 Å². The van der Waals surface area contributed by atoms with Crippen LogP contribution in [-0.2, 0) is 4.74 Å². The molecule has 0 spiro atoms. The van der Waals surface area contributed by atoms with Crippen LogP contribution in [0.4, 0.5) is 0 Å². The third-order valence-electron chi connectivity index (χ3n) is 4.24. The molecule has 0 amide bonds. The SMILES string of the molecule is C=C(C)c1ccc(OCC(C)(C)COC2CCCCC2)cc1. The molecule has 0 aromatic heterocycles. The first kappa shape index (κ1) is 17.1. The molecule has 0 unspecified atom stereocenters. The van der Waals surface area contributed by atoms with Crippen LogP contribution in [0.25, 0.3) is 5.57 Å². The van der Waals surface area contributed by atoms with Crippen LogP contribution in [0.15, 0.2) is 30.8 Å². The monoisotopic (exact) mass is 302 g/mol. The van der Waals surface area contributed by atoms with Crippen LogP contribution in [0.3, 0.4) is 0 Å². The topological polar surface area (TPSA) is 18.5 Å². The minimum absolute atomic E-state index is 0.0322. The number of hydrogen-bond donors (Lipinski definition) is 0. The maximum Gasteiger partial charge on any atom is 0.119 e. The predicted molar refractivity (Wildman–Crippen MR) is 93.3 cm³/mol. The third-order valence-corrected chi connectivity index (χ3v) is 4.24. The number of ether oxygens (including phenoxy) is 2. The van der Waals surface area contributed by atoms with Gasteiger partial charge in [0.15, 0.2) is 0 Å². The molecule has 122 valence electrons. The summed E-state index contributed by atoms with van der Waals surface area (Å²) >= 11 is 0. The van der Waals surface area contributed by atoms with Gasteiger partial charge in [0.1, 0.15) is 5.75 Å². The van der Waals surface area contributed by atoms with E-state index in [1.54, 1.807) is 0 Å². The number of benzene rings is 1. The van der Waals surface area contributed by atoms with E-state index in [0.717, 1.165) is 23.5 Å². The lowest BCUT2D eigenvalue weighted by atomic mass is 9.94. The van der Waals surface area contributed by atoms with Crippen molar-refractivity contribution in [1.29, 1.82) is 0 Å². The Morgan fingerprint density at radius 3 is 2.32 bits per heavy atom. The van der Waals surface area contributed by atoms with Gasteiger partial charge in [-0.3, -0.25) is 0 Å². The zero-order valence-corrected chi connectivity index (χ0v) is 14.4. The summed E-state index contributed by atoms with van der Waals surface area (Å²) in [5.74, 6) is 0.913. The Kier molecular flexibility index (Phi) is 6.07. The lowest BCUT2D eigenvalue weighted by Crippen LogP contribution is -2.30. The molecule has 0 radical (unpaired) electrons. The van der Waals surface area contributed by atoms with Gasteiger partial charge in [0, 0.05) is 5.41 Å². The lowest BCUT2D eigenvalue weighted by molar-refractivity contribution is -0.0277. The van der Waals surface area contributed by atoms with E-state index in [0.29, 0.717) is 12.7 Å². The van der Waals surface area contributed by atoms with Crippen molar-refractivity contribution in [2.75, 3.05) is 13.2 Å². The Hall–Kier alpha value is -1.28. The maximum absolute atomic E-state index is 6.10. The third kappa shape index (κ3) is 5.49. The summed E-state index contributed by atoms with van der Waals surface area (Å²) < 4.78 is 12.0. The molecule has 1 aromatic rings. The van der Waals surface area contributed by atoms with Crippen LogP contribution < -0.4 is 4.74 Å². The lowest BCUT2D eigenvalue weighted by Gasteiger charge is -2.29. The van der Waals surface area contributed by atoms with Crippen LogP contribution in [0.2, 0.25) is 0 Å². The minimum atomic E-state index is 0.0322. The Balaban J connectivity index is 1.77. The Morgan fingerprint density at radius 2 is 1.73 bits per heavy atom. The van der Waals surface area contributed by atoms with E-state index in [1.807, 2.05) is 19.1 Å². The molecule has 22 heavy (non-hydrogen) atoms. The van der Waals surface area contributed by atoms with Gasteiger partial charge in [-0.1, -0.05) is 57.4 Å². The molecule has 1 aliphatic rings. The first-order valence-corrected chi connectivity index (χ1v) is 8.47. The zero-order chi connectivity index (χ0) is 16.0. The molecular weight excluding hydrogens is 272 g/mol. The first-order chi connectivity index (χ1) is 10.5. The van der Waals surface area contributed by atoms with Crippen LogP contribution in [0.5, 0.6) is 5.75 Å². The summed E-state index contributed by atoms with van der Waals surface area (Å²) in [4.78, 5) is 0. The molecule has 1 aliphatic carbocycles. The Morgan fingerprint density at radius 1 is 1.09 bits per heavy atom. The molecule has 0 bridgehead atoms. The summed E-state index contributed by atoms with van der Waals surface area (Å²) in [6.07, 6.45) is 6.90. The van der Waals surface area contributed by atoms with Crippen LogP contribution >= 0.6 is 0 Å². The van der Waals surface area contributed by atoms with E-state index in [4.69, 9.17) is 9.47 Å². The highest BCUT2D eigenvalue weighted by molar-refractivity contribution is 5.61. The fourth-order valence-corrected chi connectivity index (χ4v) is 2.73. The molecular formula is C20H30O2. The molecule has 1 fully saturated rings. The highest BCUT2D eigenvalue weighted by Crippen LogP contribution is 2.25. The summed E-state index contributed by atoms with van der Waals surface area (Å²) in [5, 5.41) is 0. The summed E-state index contributed by atoms with van der Waals surface area (Å²) in [6, 6.07) is 8.15. The van der Waals surface area contributed by atoms with Crippen molar-refractivity contribution in [3.05, 3.63) is 36.4 Å². The first-order valence-electron chi connectivity index (χ1n) is 8.47. The van der Waals surface area contributed by atoms with Crippen LogP contribution in [0.1, 0.15) is 58.4 Å². The van der Waals surface area contributed by atoms with E-state index in [9.17, 15) is 0 Å². The fraction of sp³-hybridized carbons (Fsp3) is 0.600. The van der Waals surface area contributed by atoms with Gasteiger partial charge in [-0.2, -0.15) is 0 Å². The number of allylic oxidation sites excluding steroid dienone is 1. The van der Waals surface area contributed by atoms with Crippen LogP contribution in [-0.4, -0.2) is 19.3 Å². The van der Waals surface area contributed by atoms with Gasteiger partial charge >= 0.3 is 0 Å². The van der Waals surface area contributed by atoms with E-state index >= 15 is 0 Å². The average Bonchev–Trinajstić information content (AvgIpc) is 2.53. The second-order valence-electron chi connectivity index (χ2n) is 7.33. The van der Waals surface area contributed by atoms with Crippen molar-refractivity contribution in [3.63, 3.8) is 0 Å². The molecule has 0 heterocycles. The molecule has 2 rings (SSSR count). The van der Waals surface area contributed by atoms with Crippen molar-refractivity contribution in [2.24, 2.45) is 5.41 Å². The molecule has 2 nitrogen and oxygen atoms in total. The van der Waals surface area contributed by atoms with E-state index in [2.05, 4.69) is 32.6 Å². The van der Waals surface area contributed by atoms with Crippen molar-refractivity contribution >= 4 is 5.57 Å². The molecule has 0 atom stereocenters. The molecule has 0 aliphatic heterocycles. The normalized spacial score (nSPS) is 16.5. The predicted octanol–water partition coefficient (Wildman–Crippen LogP) is 5.47. The van der Waals surface area contributed by atoms with Gasteiger partial charge in [0.2, 0.25) is 0 Å². The molecule has 0 N–H and O–H groups in total. The van der Waals surface area contributed by atoms with E-state index < -0.39 is 0 Å². The minimum Gasteiger partial charge on any atom is -0.493 e. The van der Waals surface area contributed by atoms with Gasteiger partial charge in [-0.25, -0.2) is 0 Å². The van der Waals surface area contributed by atoms with Gasteiger partial charge in [0.05, 0.1) is 19.3 Å². The zero-order valence-electron chi connectivity index (χ0n) is 14.4. The summed E-state index contributed by atoms with van der Waals surface area (Å²) in [6.45, 7) is 11.8. The van der Waals surface area contributed by atoms with Crippen molar-refractivity contribution in [2.45, 2.75) is 59.0 Å². The average molecular weight is 302 g/mol. The van der Waals surface area contributed by atoms with E-state index in [-0.39, 0.29) is 5.41 Å².